The smallest absolute Gasteiger partial charge is 0.182 e. The van der Waals surface area contributed by atoms with Crippen molar-refractivity contribution < 1.29 is 9.21 Å². The number of carbonyl (C=O) groups excluding carboxylic acids is 1. The van der Waals surface area contributed by atoms with Gasteiger partial charge in [0.2, 0.25) is 0 Å². The van der Waals surface area contributed by atoms with E-state index in [0.717, 1.165) is 22.6 Å². The van der Waals surface area contributed by atoms with Crippen molar-refractivity contribution in [2.45, 2.75) is 6.54 Å². The minimum atomic E-state index is 0.0522. The van der Waals surface area contributed by atoms with Gasteiger partial charge in [-0.3, -0.25) is 4.79 Å². The maximum absolute atomic E-state index is 12.6. The molecule has 0 amide bonds. The zero-order chi connectivity index (χ0) is 17.1. The Balaban J connectivity index is 1.73. The van der Waals surface area contributed by atoms with E-state index < -0.39 is 0 Å². The molecule has 0 saturated heterocycles. The average Bonchev–Trinajstić information content (AvgIpc) is 3.29. The summed E-state index contributed by atoms with van der Waals surface area (Å²) in [6, 6.07) is 20.8. The first-order chi connectivity index (χ1) is 12.3. The third-order valence-electron chi connectivity index (χ3n) is 4.02. The van der Waals surface area contributed by atoms with Crippen LogP contribution in [-0.2, 0) is 6.54 Å². The van der Waals surface area contributed by atoms with Gasteiger partial charge in [0, 0.05) is 5.56 Å². The summed E-state index contributed by atoms with van der Waals surface area (Å²) in [5, 5.41) is 0. The highest BCUT2D eigenvalue weighted by molar-refractivity contribution is 5.97. The molecule has 0 radical (unpaired) electrons. The first-order valence-electron chi connectivity index (χ1n) is 8.06. The van der Waals surface area contributed by atoms with E-state index in [1.165, 1.54) is 0 Å². The van der Waals surface area contributed by atoms with Crippen molar-refractivity contribution in [1.82, 2.24) is 9.55 Å². The molecule has 0 atom stereocenters. The molecule has 0 aliphatic heterocycles. The van der Waals surface area contributed by atoms with E-state index in [0.29, 0.717) is 5.56 Å². The highest BCUT2D eigenvalue weighted by Crippen LogP contribution is 2.19. The minimum absolute atomic E-state index is 0.0522. The molecule has 0 aliphatic carbocycles. The van der Waals surface area contributed by atoms with Crippen LogP contribution in [0, 0.1) is 0 Å². The van der Waals surface area contributed by atoms with Crippen molar-refractivity contribution >= 4 is 29.0 Å². The first kappa shape index (κ1) is 15.1. The third kappa shape index (κ3) is 3.15. The number of benzene rings is 2. The van der Waals surface area contributed by atoms with Gasteiger partial charge in [-0.15, -0.1) is 0 Å². The summed E-state index contributed by atoms with van der Waals surface area (Å²) in [6.07, 6.45) is 5.35. The number of Topliss-reactive ketones (excluding diaryl/α,β-unsaturated/α-hetero) is 1. The number of ketones is 1. The summed E-state index contributed by atoms with van der Waals surface area (Å²) < 4.78 is 7.26. The van der Waals surface area contributed by atoms with Crippen LogP contribution >= 0.6 is 0 Å². The molecule has 0 saturated carbocycles. The van der Waals surface area contributed by atoms with Gasteiger partial charge in [0.05, 0.1) is 23.8 Å². The van der Waals surface area contributed by atoms with Gasteiger partial charge in [-0.05, 0) is 36.4 Å². The fourth-order valence-electron chi connectivity index (χ4n) is 2.79. The van der Waals surface area contributed by atoms with Gasteiger partial charge in [0.1, 0.15) is 11.6 Å². The standard InChI is InChI=1S/C21H16N2O2/c24-20(16-7-2-1-3-8-16)15-23-19-11-5-4-10-18(19)22-21(23)13-12-17-9-6-14-25-17/h1-14H,15H2/b13-12+. The molecule has 0 unspecified atom stereocenters. The Hall–Kier alpha value is -3.40. The Morgan fingerprint density at radius 3 is 2.56 bits per heavy atom. The van der Waals surface area contributed by atoms with Crippen molar-refractivity contribution in [2.24, 2.45) is 0 Å². The minimum Gasteiger partial charge on any atom is -0.465 e. The Morgan fingerprint density at radius 1 is 0.960 bits per heavy atom. The Bertz CT molecular complexity index is 1030. The van der Waals surface area contributed by atoms with E-state index in [2.05, 4.69) is 4.98 Å². The van der Waals surface area contributed by atoms with Crippen molar-refractivity contribution in [3.8, 4) is 0 Å². The molecule has 2 aromatic carbocycles. The van der Waals surface area contributed by atoms with Crippen LogP contribution in [0.3, 0.4) is 0 Å². The summed E-state index contributed by atoms with van der Waals surface area (Å²) in [6.45, 7) is 0.238. The van der Waals surface area contributed by atoms with E-state index >= 15 is 0 Å². The van der Waals surface area contributed by atoms with Crippen LogP contribution in [0.4, 0.5) is 0 Å². The van der Waals surface area contributed by atoms with Crippen molar-refractivity contribution in [1.29, 1.82) is 0 Å². The maximum atomic E-state index is 12.6. The maximum Gasteiger partial charge on any atom is 0.182 e. The lowest BCUT2D eigenvalue weighted by atomic mass is 10.1. The van der Waals surface area contributed by atoms with Crippen LogP contribution in [0.1, 0.15) is 21.9 Å². The Kier molecular flexibility index (Phi) is 4.01. The van der Waals surface area contributed by atoms with Crippen molar-refractivity contribution in [3.63, 3.8) is 0 Å². The zero-order valence-corrected chi connectivity index (χ0v) is 13.5. The van der Waals surface area contributed by atoms with Gasteiger partial charge in [0.15, 0.2) is 5.78 Å². The van der Waals surface area contributed by atoms with Gasteiger partial charge < -0.3 is 8.98 Å². The number of carbonyl (C=O) groups is 1. The van der Waals surface area contributed by atoms with Gasteiger partial charge in [-0.25, -0.2) is 4.98 Å². The number of aromatic nitrogens is 2. The lowest BCUT2D eigenvalue weighted by molar-refractivity contribution is 0.0973. The number of hydrogen-bond acceptors (Lipinski definition) is 3. The summed E-state index contributed by atoms with van der Waals surface area (Å²) >= 11 is 0. The topological polar surface area (TPSA) is 48.0 Å². The molecular weight excluding hydrogens is 312 g/mol. The number of imidazole rings is 1. The van der Waals surface area contributed by atoms with Gasteiger partial charge >= 0.3 is 0 Å². The second-order valence-corrected chi connectivity index (χ2v) is 5.68. The molecule has 4 heteroatoms. The molecule has 0 spiro atoms. The molecule has 4 rings (SSSR count). The summed E-state index contributed by atoms with van der Waals surface area (Å²) in [4.78, 5) is 17.3. The Morgan fingerprint density at radius 2 is 1.76 bits per heavy atom. The average molecular weight is 328 g/mol. The van der Waals surface area contributed by atoms with Crippen LogP contribution in [0.25, 0.3) is 23.2 Å². The SMILES string of the molecule is O=C(Cn1c(/C=C/c2ccco2)nc2ccccc21)c1ccccc1. The fourth-order valence-corrected chi connectivity index (χ4v) is 2.79. The van der Waals surface area contributed by atoms with E-state index in [1.807, 2.05) is 83.4 Å². The number of fused-ring (bicyclic) bond motifs is 1. The molecule has 0 fully saturated rings. The molecule has 0 N–H and O–H groups in total. The van der Waals surface area contributed by atoms with Crippen LogP contribution < -0.4 is 0 Å². The van der Waals surface area contributed by atoms with Crippen LogP contribution in [0.15, 0.2) is 77.4 Å². The molecule has 4 aromatic rings. The molecule has 25 heavy (non-hydrogen) atoms. The molecule has 0 bridgehead atoms. The lowest BCUT2D eigenvalue weighted by Gasteiger charge is -2.06. The van der Waals surface area contributed by atoms with Gasteiger partial charge in [-0.1, -0.05) is 42.5 Å². The monoisotopic (exact) mass is 328 g/mol. The highest BCUT2D eigenvalue weighted by Gasteiger charge is 2.13. The van der Waals surface area contributed by atoms with E-state index in [1.54, 1.807) is 6.26 Å². The molecule has 2 heterocycles. The second kappa shape index (κ2) is 6.61. The van der Waals surface area contributed by atoms with Crippen molar-refractivity contribution in [3.05, 3.63) is 90.1 Å². The molecule has 4 nitrogen and oxygen atoms in total. The molecule has 0 aliphatic rings. The van der Waals surface area contributed by atoms with Crippen LogP contribution in [0.2, 0.25) is 0 Å². The second-order valence-electron chi connectivity index (χ2n) is 5.68. The molecule has 122 valence electrons. The number of para-hydroxylation sites is 2. The number of rotatable bonds is 5. The van der Waals surface area contributed by atoms with E-state index in [9.17, 15) is 4.79 Å². The predicted molar refractivity (Wildman–Crippen MR) is 98.1 cm³/mol. The lowest BCUT2D eigenvalue weighted by Crippen LogP contribution is -2.11. The molecular formula is C21H16N2O2. The van der Waals surface area contributed by atoms with Gasteiger partial charge in [0.25, 0.3) is 0 Å². The number of furan rings is 1. The Labute approximate surface area is 145 Å². The zero-order valence-electron chi connectivity index (χ0n) is 13.5. The molecule has 2 aromatic heterocycles. The predicted octanol–water partition coefficient (Wildman–Crippen LogP) is 4.68. The first-order valence-corrected chi connectivity index (χ1v) is 8.06. The van der Waals surface area contributed by atoms with E-state index in [-0.39, 0.29) is 12.3 Å². The largest absolute Gasteiger partial charge is 0.465 e. The van der Waals surface area contributed by atoms with Crippen LogP contribution in [0.5, 0.6) is 0 Å². The summed E-state index contributed by atoms with van der Waals surface area (Å²) in [7, 11) is 0. The van der Waals surface area contributed by atoms with Crippen LogP contribution in [-0.4, -0.2) is 15.3 Å². The highest BCUT2D eigenvalue weighted by atomic mass is 16.3. The fraction of sp³-hybridized carbons (Fsp3) is 0.0476. The quantitative estimate of drug-likeness (QED) is 0.500. The normalized spacial score (nSPS) is 11.4. The van der Waals surface area contributed by atoms with Gasteiger partial charge in [-0.2, -0.15) is 0 Å². The summed E-state index contributed by atoms with van der Waals surface area (Å²) in [5.74, 6) is 1.52. The number of hydrogen-bond donors (Lipinski definition) is 0. The van der Waals surface area contributed by atoms with E-state index in [4.69, 9.17) is 4.42 Å². The third-order valence-corrected chi connectivity index (χ3v) is 4.02. The number of nitrogens with zero attached hydrogens (tertiary/aromatic N) is 2. The van der Waals surface area contributed by atoms with Crippen molar-refractivity contribution in [2.75, 3.05) is 0 Å². The summed E-state index contributed by atoms with van der Waals surface area (Å²) in [5.41, 5.74) is 2.49.